The van der Waals surface area contributed by atoms with Gasteiger partial charge in [-0.05, 0) is 50.3 Å². The number of rotatable bonds is 4. The fourth-order valence-corrected chi connectivity index (χ4v) is 5.40. The van der Waals surface area contributed by atoms with Crippen molar-refractivity contribution >= 4 is 44.9 Å². The van der Waals surface area contributed by atoms with Crippen LogP contribution in [-0.4, -0.2) is 21.1 Å². The van der Waals surface area contributed by atoms with E-state index < -0.39 is 0 Å². The zero-order valence-corrected chi connectivity index (χ0v) is 15.8. The summed E-state index contributed by atoms with van der Waals surface area (Å²) in [5.74, 6) is -0.00191. The molecule has 4 rings (SSSR count). The van der Waals surface area contributed by atoms with Crippen LogP contribution in [0, 0.1) is 6.92 Å². The van der Waals surface area contributed by atoms with E-state index >= 15 is 0 Å². The highest BCUT2D eigenvalue weighted by Gasteiger charge is 2.24. The van der Waals surface area contributed by atoms with Crippen molar-refractivity contribution in [3.8, 4) is 0 Å². The maximum absolute atomic E-state index is 12.6. The number of aryl methyl sites for hydroxylation is 3. The number of thioether (sulfide) groups is 1. The van der Waals surface area contributed by atoms with Crippen LogP contribution in [0.3, 0.4) is 0 Å². The average Bonchev–Trinajstić information content (AvgIpc) is 3.18. The fraction of sp³-hybridized carbons (Fsp3) is 0.316. The van der Waals surface area contributed by atoms with Gasteiger partial charge in [0.1, 0.15) is 16.2 Å². The lowest BCUT2D eigenvalue weighted by molar-refractivity contribution is -0.115. The van der Waals surface area contributed by atoms with Crippen molar-refractivity contribution < 1.29 is 4.79 Å². The van der Waals surface area contributed by atoms with E-state index in [1.165, 1.54) is 34.0 Å². The molecule has 25 heavy (non-hydrogen) atoms. The Bertz CT molecular complexity index is 951. The largest absolute Gasteiger partial charge is 0.325 e. The van der Waals surface area contributed by atoms with E-state index in [1.807, 2.05) is 38.1 Å². The Morgan fingerprint density at radius 1 is 1.28 bits per heavy atom. The first-order valence-electron chi connectivity index (χ1n) is 8.42. The monoisotopic (exact) mass is 369 g/mol. The van der Waals surface area contributed by atoms with Gasteiger partial charge in [0.05, 0.1) is 5.25 Å². The predicted molar refractivity (Wildman–Crippen MR) is 105 cm³/mol. The summed E-state index contributed by atoms with van der Waals surface area (Å²) in [6, 6.07) is 7.83. The first-order valence-corrected chi connectivity index (χ1v) is 10.1. The molecule has 2 heterocycles. The van der Waals surface area contributed by atoms with Crippen LogP contribution >= 0.6 is 23.1 Å². The molecule has 0 radical (unpaired) electrons. The van der Waals surface area contributed by atoms with Crippen molar-refractivity contribution in [3.05, 3.63) is 46.6 Å². The molecular weight excluding hydrogens is 350 g/mol. The number of carbonyl (C=O) groups is 1. The molecule has 0 bridgehead atoms. The Labute approximate surface area is 155 Å². The minimum Gasteiger partial charge on any atom is -0.325 e. The summed E-state index contributed by atoms with van der Waals surface area (Å²) in [7, 11) is 0. The zero-order chi connectivity index (χ0) is 17.4. The lowest BCUT2D eigenvalue weighted by Gasteiger charge is -2.13. The van der Waals surface area contributed by atoms with E-state index in [4.69, 9.17) is 0 Å². The third-order valence-corrected chi connectivity index (χ3v) is 6.83. The standard InChI is InChI=1S/C19H19N3OS2/c1-11-6-3-4-8-14(11)22-17(23)12(2)24-18-16-13-7-5-9-15(13)25-19(16)21-10-20-18/h3-4,6,8,10,12H,5,7,9H2,1-2H3,(H,22,23)/t12-/m0/s1. The summed E-state index contributed by atoms with van der Waals surface area (Å²) in [6.45, 7) is 3.93. The van der Waals surface area contributed by atoms with Gasteiger partial charge in [-0.1, -0.05) is 30.0 Å². The maximum atomic E-state index is 12.6. The van der Waals surface area contributed by atoms with Gasteiger partial charge in [-0.3, -0.25) is 4.79 Å². The van der Waals surface area contributed by atoms with Crippen molar-refractivity contribution in [1.82, 2.24) is 9.97 Å². The first kappa shape index (κ1) is 16.5. The Kier molecular flexibility index (Phi) is 4.48. The number of nitrogens with zero attached hydrogens (tertiary/aromatic N) is 2. The van der Waals surface area contributed by atoms with E-state index in [0.717, 1.165) is 33.9 Å². The van der Waals surface area contributed by atoms with E-state index in [-0.39, 0.29) is 11.2 Å². The summed E-state index contributed by atoms with van der Waals surface area (Å²) in [4.78, 5) is 24.0. The van der Waals surface area contributed by atoms with Crippen LogP contribution in [0.25, 0.3) is 10.2 Å². The van der Waals surface area contributed by atoms with Crippen LogP contribution in [0.15, 0.2) is 35.6 Å². The van der Waals surface area contributed by atoms with Crippen LogP contribution in [0.2, 0.25) is 0 Å². The summed E-state index contributed by atoms with van der Waals surface area (Å²) >= 11 is 3.30. The SMILES string of the molecule is Cc1ccccc1NC(=O)[C@H](C)Sc1ncnc2sc3c(c12)CCC3. The molecule has 4 nitrogen and oxygen atoms in total. The summed E-state index contributed by atoms with van der Waals surface area (Å²) in [5.41, 5.74) is 3.33. The van der Waals surface area contributed by atoms with E-state index in [1.54, 1.807) is 17.7 Å². The van der Waals surface area contributed by atoms with Crippen molar-refractivity contribution in [2.45, 2.75) is 43.4 Å². The molecular formula is C19H19N3OS2. The molecule has 0 saturated carbocycles. The number of amides is 1. The summed E-state index contributed by atoms with van der Waals surface area (Å²) in [5, 5.41) is 4.89. The molecule has 1 aliphatic carbocycles. The normalized spacial score (nSPS) is 14.5. The molecule has 0 saturated heterocycles. The van der Waals surface area contributed by atoms with Gasteiger partial charge < -0.3 is 5.32 Å². The van der Waals surface area contributed by atoms with Gasteiger partial charge in [-0.25, -0.2) is 9.97 Å². The summed E-state index contributed by atoms with van der Waals surface area (Å²) < 4.78 is 0. The molecule has 1 aliphatic rings. The number of hydrogen-bond donors (Lipinski definition) is 1. The average molecular weight is 370 g/mol. The molecule has 1 aromatic carbocycles. The van der Waals surface area contributed by atoms with E-state index in [0.29, 0.717) is 0 Å². The highest BCUT2D eigenvalue weighted by molar-refractivity contribution is 8.00. The van der Waals surface area contributed by atoms with E-state index in [2.05, 4.69) is 15.3 Å². The number of hydrogen-bond acceptors (Lipinski definition) is 5. The Balaban J connectivity index is 1.57. The van der Waals surface area contributed by atoms with Crippen LogP contribution in [-0.2, 0) is 17.6 Å². The number of para-hydroxylation sites is 1. The number of benzene rings is 1. The van der Waals surface area contributed by atoms with Crippen LogP contribution in [0.5, 0.6) is 0 Å². The number of anilines is 1. The Hall–Kier alpha value is -1.92. The molecule has 1 amide bonds. The third kappa shape index (κ3) is 3.16. The van der Waals surface area contributed by atoms with Gasteiger partial charge in [0.15, 0.2) is 0 Å². The van der Waals surface area contributed by atoms with Gasteiger partial charge in [0.25, 0.3) is 0 Å². The van der Waals surface area contributed by atoms with Crippen LogP contribution < -0.4 is 5.32 Å². The molecule has 6 heteroatoms. The van der Waals surface area contributed by atoms with Gasteiger partial charge in [-0.2, -0.15) is 0 Å². The van der Waals surface area contributed by atoms with Crippen molar-refractivity contribution in [2.24, 2.45) is 0 Å². The molecule has 1 N–H and O–H groups in total. The zero-order valence-electron chi connectivity index (χ0n) is 14.2. The molecule has 2 aromatic heterocycles. The number of aromatic nitrogens is 2. The molecule has 3 aromatic rings. The molecule has 0 unspecified atom stereocenters. The minimum atomic E-state index is -0.227. The molecule has 0 fully saturated rings. The van der Waals surface area contributed by atoms with Crippen molar-refractivity contribution in [3.63, 3.8) is 0 Å². The summed E-state index contributed by atoms with van der Waals surface area (Å²) in [6.07, 6.45) is 5.06. The molecule has 128 valence electrons. The quantitative estimate of drug-likeness (QED) is 0.539. The highest BCUT2D eigenvalue weighted by atomic mass is 32.2. The fourth-order valence-electron chi connectivity index (χ4n) is 3.16. The molecule has 0 aliphatic heterocycles. The van der Waals surface area contributed by atoms with E-state index in [9.17, 15) is 4.79 Å². The lowest BCUT2D eigenvalue weighted by atomic mass is 10.2. The lowest BCUT2D eigenvalue weighted by Crippen LogP contribution is -2.23. The minimum absolute atomic E-state index is 0.00191. The second-order valence-electron chi connectivity index (χ2n) is 6.28. The van der Waals surface area contributed by atoms with Crippen molar-refractivity contribution in [1.29, 1.82) is 0 Å². The second kappa shape index (κ2) is 6.77. The highest BCUT2D eigenvalue weighted by Crippen LogP contribution is 2.40. The van der Waals surface area contributed by atoms with Gasteiger partial charge >= 0.3 is 0 Å². The first-order chi connectivity index (χ1) is 12.1. The molecule has 1 atom stereocenters. The van der Waals surface area contributed by atoms with Crippen LogP contribution in [0.4, 0.5) is 5.69 Å². The Morgan fingerprint density at radius 3 is 2.96 bits per heavy atom. The number of fused-ring (bicyclic) bond motifs is 3. The van der Waals surface area contributed by atoms with Crippen LogP contribution in [0.1, 0.15) is 29.3 Å². The van der Waals surface area contributed by atoms with Gasteiger partial charge in [0, 0.05) is 16.0 Å². The van der Waals surface area contributed by atoms with Crippen molar-refractivity contribution in [2.75, 3.05) is 5.32 Å². The number of thiophene rings is 1. The second-order valence-corrected chi connectivity index (χ2v) is 8.69. The Morgan fingerprint density at radius 2 is 2.12 bits per heavy atom. The topological polar surface area (TPSA) is 54.9 Å². The predicted octanol–water partition coefficient (Wildman–Crippen LogP) is 4.61. The number of nitrogens with one attached hydrogen (secondary N) is 1. The van der Waals surface area contributed by atoms with Gasteiger partial charge in [-0.15, -0.1) is 11.3 Å². The van der Waals surface area contributed by atoms with Gasteiger partial charge in [0.2, 0.25) is 5.91 Å². The third-order valence-electron chi connectivity index (χ3n) is 4.53. The smallest absolute Gasteiger partial charge is 0.237 e. The number of carbonyl (C=O) groups excluding carboxylic acids is 1. The maximum Gasteiger partial charge on any atom is 0.237 e. The molecule has 0 spiro atoms.